The van der Waals surface area contributed by atoms with Gasteiger partial charge in [-0.15, -0.1) is 0 Å². The quantitative estimate of drug-likeness (QED) is 0.726. The molecule has 0 atom stereocenters. The minimum Gasteiger partial charge on any atom is -0.481 e. The van der Waals surface area contributed by atoms with Gasteiger partial charge in [0.1, 0.15) is 0 Å². The Kier molecular flexibility index (Phi) is 5.37. The second-order valence-corrected chi connectivity index (χ2v) is 6.06. The summed E-state index contributed by atoms with van der Waals surface area (Å²) < 4.78 is 27.5. The van der Waals surface area contributed by atoms with Gasteiger partial charge in [0, 0.05) is 24.9 Å². The molecule has 0 aliphatic carbocycles. The number of sulfone groups is 1. The number of hydrogen-bond acceptors (Lipinski definition) is 5. The lowest BCUT2D eigenvalue weighted by Gasteiger charge is -2.05. The highest BCUT2D eigenvalue weighted by atomic mass is 32.2. The first kappa shape index (κ1) is 13.9. The smallest absolute Gasteiger partial charge is 0.213 e. The molecule has 0 aliphatic rings. The van der Waals surface area contributed by atoms with E-state index in [0.717, 1.165) is 5.69 Å². The molecule has 0 bridgehead atoms. The fourth-order valence-corrected chi connectivity index (χ4v) is 2.00. The van der Waals surface area contributed by atoms with Crippen molar-refractivity contribution in [2.45, 2.75) is 13.5 Å². The first-order valence-electron chi connectivity index (χ1n) is 5.48. The number of pyridine rings is 1. The van der Waals surface area contributed by atoms with Crippen LogP contribution in [-0.2, 0) is 16.4 Å². The summed E-state index contributed by atoms with van der Waals surface area (Å²) in [6.07, 6.45) is 0. The molecule has 0 amide bonds. The zero-order valence-electron chi connectivity index (χ0n) is 10.1. The largest absolute Gasteiger partial charge is 0.481 e. The molecule has 1 aromatic rings. The van der Waals surface area contributed by atoms with Gasteiger partial charge in [-0.2, -0.15) is 0 Å². The van der Waals surface area contributed by atoms with E-state index in [0.29, 0.717) is 19.0 Å². The Morgan fingerprint density at radius 2 is 2.18 bits per heavy atom. The Bertz CT molecular complexity index is 446. The molecule has 1 heterocycles. The van der Waals surface area contributed by atoms with Crippen molar-refractivity contribution in [3.63, 3.8) is 0 Å². The molecular formula is C11H18N2O3S. The van der Waals surface area contributed by atoms with E-state index in [1.54, 1.807) is 20.1 Å². The fraction of sp³-hybridized carbons (Fsp3) is 0.545. The maximum Gasteiger partial charge on any atom is 0.213 e. The van der Waals surface area contributed by atoms with E-state index < -0.39 is 9.84 Å². The van der Waals surface area contributed by atoms with Crippen LogP contribution in [0.1, 0.15) is 12.6 Å². The van der Waals surface area contributed by atoms with E-state index >= 15 is 0 Å². The standard InChI is InChI=1S/C11H18N2O3S/c1-3-17(14,15)8-7-12-9-10-5-4-6-11(13-10)16-2/h4-6,12H,3,7-9H2,1-2H3. The van der Waals surface area contributed by atoms with Crippen molar-refractivity contribution in [1.29, 1.82) is 0 Å². The summed E-state index contributed by atoms with van der Waals surface area (Å²) in [5, 5.41) is 3.05. The van der Waals surface area contributed by atoms with Crippen molar-refractivity contribution in [3.05, 3.63) is 23.9 Å². The highest BCUT2D eigenvalue weighted by Crippen LogP contribution is 2.05. The number of nitrogens with one attached hydrogen (secondary N) is 1. The van der Waals surface area contributed by atoms with E-state index in [1.807, 2.05) is 12.1 Å². The molecule has 0 spiro atoms. The van der Waals surface area contributed by atoms with Gasteiger partial charge in [0.2, 0.25) is 5.88 Å². The van der Waals surface area contributed by atoms with Gasteiger partial charge < -0.3 is 10.1 Å². The second kappa shape index (κ2) is 6.56. The first-order chi connectivity index (χ1) is 8.07. The molecule has 17 heavy (non-hydrogen) atoms. The van der Waals surface area contributed by atoms with Crippen LogP contribution in [0.3, 0.4) is 0 Å². The van der Waals surface area contributed by atoms with Crippen LogP contribution < -0.4 is 10.1 Å². The molecule has 0 aromatic carbocycles. The van der Waals surface area contributed by atoms with Gasteiger partial charge in [0.15, 0.2) is 9.84 Å². The number of nitrogens with zero attached hydrogens (tertiary/aromatic N) is 1. The van der Waals surface area contributed by atoms with Gasteiger partial charge in [-0.1, -0.05) is 13.0 Å². The SMILES string of the molecule is CCS(=O)(=O)CCNCc1cccc(OC)n1. The highest BCUT2D eigenvalue weighted by Gasteiger charge is 2.06. The first-order valence-corrected chi connectivity index (χ1v) is 7.30. The Balaban J connectivity index is 2.36. The molecule has 0 unspecified atom stereocenters. The molecule has 0 fully saturated rings. The van der Waals surface area contributed by atoms with Gasteiger partial charge in [-0.25, -0.2) is 13.4 Å². The van der Waals surface area contributed by atoms with Crippen LogP contribution in [0.5, 0.6) is 5.88 Å². The maximum atomic E-state index is 11.2. The Labute approximate surface area is 102 Å². The molecule has 96 valence electrons. The van der Waals surface area contributed by atoms with Crippen molar-refractivity contribution in [2.75, 3.05) is 25.2 Å². The van der Waals surface area contributed by atoms with E-state index in [9.17, 15) is 8.42 Å². The summed E-state index contributed by atoms with van der Waals surface area (Å²) in [4.78, 5) is 4.21. The van der Waals surface area contributed by atoms with Gasteiger partial charge in [0.05, 0.1) is 18.6 Å². The molecule has 0 radical (unpaired) electrons. The van der Waals surface area contributed by atoms with Crippen molar-refractivity contribution in [3.8, 4) is 5.88 Å². The summed E-state index contributed by atoms with van der Waals surface area (Å²) in [6, 6.07) is 5.49. The molecule has 1 N–H and O–H groups in total. The van der Waals surface area contributed by atoms with Crippen LogP contribution in [0.25, 0.3) is 0 Å². The topological polar surface area (TPSA) is 68.3 Å². The molecule has 1 rings (SSSR count). The summed E-state index contributed by atoms with van der Waals surface area (Å²) >= 11 is 0. The highest BCUT2D eigenvalue weighted by molar-refractivity contribution is 7.91. The average molecular weight is 258 g/mol. The van der Waals surface area contributed by atoms with Gasteiger partial charge >= 0.3 is 0 Å². The fourth-order valence-electron chi connectivity index (χ4n) is 1.26. The second-order valence-electron chi connectivity index (χ2n) is 3.58. The Hall–Kier alpha value is -1.14. The van der Waals surface area contributed by atoms with Crippen molar-refractivity contribution in [2.24, 2.45) is 0 Å². The molecule has 1 aromatic heterocycles. The lowest BCUT2D eigenvalue weighted by Crippen LogP contribution is -2.23. The van der Waals surface area contributed by atoms with Crippen molar-refractivity contribution in [1.82, 2.24) is 10.3 Å². The van der Waals surface area contributed by atoms with E-state index in [1.165, 1.54) is 0 Å². The van der Waals surface area contributed by atoms with Crippen LogP contribution >= 0.6 is 0 Å². The van der Waals surface area contributed by atoms with Gasteiger partial charge in [-0.05, 0) is 6.07 Å². The third-order valence-corrected chi connectivity index (χ3v) is 4.03. The van der Waals surface area contributed by atoms with Crippen LogP contribution in [0.2, 0.25) is 0 Å². The Morgan fingerprint density at radius 3 is 2.82 bits per heavy atom. The van der Waals surface area contributed by atoms with Gasteiger partial charge in [0.25, 0.3) is 0 Å². The normalized spacial score (nSPS) is 11.4. The van der Waals surface area contributed by atoms with Gasteiger partial charge in [-0.3, -0.25) is 0 Å². The lowest BCUT2D eigenvalue weighted by atomic mass is 10.3. The molecule has 5 nitrogen and oxygen atoms in total. The minimum atomic E-state index is -2.89. The lowest BCUT2D eigenvalue weighted by molar-refractivity contribution is 0.395. The summed E-state index contributed by atoms with van der Waals surface area (Å²) in [7, 11) is -1.33. The summed E-state index contributed by atoms with van der Waals surface area (Å²) in [5.74, 6) is 0.907. The zero-order chi connectivity index (χ0) is 12.7. The molecule has 6 heteroatoms. The number of methoxy groups -OCH3 is 1. The molecular weight excluding hydrogens is 240 g/mol. The minimum absolute atomic E-state index is 0.160. The van der Waals surface area contributed by atoms with Crippen molar-refractivity contribution < 1.29 is 13.2 Å². The number of aromatic nitrogens is 1. The van der Waals surface area contributed by atoms with Crippen LogP contribution in [0, 0.1) is 0 Å². The summed E-state index contributed by atoms with van der Waals surface area (Å²) in [6.45, 7) is 2.63. The maximum absolute atomic E-state index is 11.2. The van der Waals surface area contributed by atoms with Crippen LogP contribution in [0.15, 0.2) is 18.2 Å². The summed E-state index contributed by atoms with van der Waals surface area (Å²) in [5.41, 5.74) is 0.832. The average Bonchev–Trinajstić information content (AvgIpc) is 2.35. The number of ether oxygens (including phenoxy) is 1. The van der Waals surface area contributed by atoms with E-state index in [2.05, 4.69) is 10.3 Å². The van der Waals surface area contributed by atoms with Crippen LogP contribution in [0.4, 0.5) is 0 Å². The monoisotopic (exact) mass is 258 g/mol. The molecule has 0 saturated heterocycles. The molecule has 0 saturated carbocycles. The third-order valence-electron chi connectivity index (χ3n) is 2.33. The van der Waals surface area contributed by atoms with Crippen LogP contribution in [-0.4, -0.2) is 38.6 Å². The predicted molar refractivity (Wildman–Crippen MR) is 66.8 cm³/mol. The van der Waals surface area contributed by atoms with E-state index in [4.69, 9.17) is 4.74 Å². The number of hydrogen-bond donors (Lipinski definition) is 1. The molecule has 0 aliphatic heterocycles. The van der Waals surface area contributed by atoms with E-state index in [-0.39, 0.29) is 11.5 Å². The number of rotatable bonds is 7. The third kappa shape index (κ3) is 5.14. The zero-order valence-corrected chi connectivity index (χ0v) is 11.0. The Morgan fingerprint density at radius 1 is 1.41 bits per heavy atom. The van der Waals surface area contributed by atoms with Crippen molar-refractivity contribution >= 4 is 9.84 Å². The predicted octanol–water partition coefficient (Wildman–Crippen LogP) is 0.614.